The third kappa shape index (κ3) is 467. The van der Waals surface area contributed by atoms with Crippen LogP contribution in [0, 0.1) is 0 Å². The van der Waals surface area contributed by atoms with E-state index in [2.05, 4.69) is 22.9 Å². The fourth-order valence-electron chi connectivity index (χ4n) is 0. The maximum atomic E-state index is 9.44. The summed E-state index contributed by atoms with van der Waals surface area (Å²) in [6.45, 7) is 5.67. The second-order valence-corrected chi connectivity index (χ2v) is 2.53. The fraction of sp³-hybridized carbons (Fsp3) is 0.500. The van der Waals surface area contributed by atoms with Crippen molar-refractivity contribution in [2.75, 3.05) is 0 Å². The van der Waals surface area contributed by atoms with Crippen LogP contribution in [-0.4, -0.2) is 23.6 Å². The number of urea groups is 1. The molecule has 18 heavy (non-hydrogen) atoms. The van der Waals surface area contributed by atoms with Crippen molar-refractivity contribution in [3.05, 3.63) is 0 Å². The van der Waals surface area contributed by atoms with Gasteiger partial charge in [0.05, 0.1) is 0 Å². The molecule has 0 aliphatic carbocycles. The van der Waals surface area contributed by atoms with E-state index in [-0.39, 0.29) is 29.9 Å². The van der Waals surface area contributed by atoms with E-state index in [9.17, 15) is 14.4 Å². The highest BCUT2D eigenvalue weighted by Crippen LogP contribution is 1.50. The average Bonchev–Trinajstić information content (AvgIpc) is 1.76. The molecule has 14 N–H and O–H groups in total. The summed E-state index contributed by atoms with van der Waals surface area (Å²) in [5.74, 6) is -0.500. The van der Waals surface area contributed by atoms with Crippen LogP contribution in [0.15, 0.2) is 0 Å². The lowest BCUT2D eigenvalue weighted by molar-refractivity contribution is -0.116. The van der Waals surface area contributed by atoms with Crippen LogP contribution in [0.4, 0.5) is 4.79 Å². The van der Waals surface area contributed by atoms with Gasteiger partial charge < -0.3 is 40.0 Å². The molecular weight excluding hydrogens is 244 g/mol. The molecule has 10 heteroatoms. The van der Waals surface area contributed by atoms with Crippen LogP contribution < -0.4 is 35.2 Å². The van der Waals surface area contributed by atoms with E-state index in [1.807, 2.05) is 0 Å². The number of nitrogens with two attached hydrogens (primary N) is 4. The van der Waals surface area contributed by atoms with Crippen molar-refractivity contribution in [3.63, 3.8) is 0 Å². The van der Waals surface area contributed by atoms with Crippen molar-refractivity contribution in [1.29, 1.82) is 0 Å². The van der Waals surface area contributed by atoms with E-state index in [0.717, 1.165) is 0 Å². The van der Waals surface area contributed by atoms with Gasteiger partial charge in [0.15, 0.2) is 0 Å². The Morgan fingerprint density at radius 1 is 0.611 bits per heavy atom. The van der Waals surface area contributed by atoms with E-state index >= 15 is 0 Å². The van der Waals surface area contributed by atoms with E-state index in [1.54, 1.807) is 0 Å². The third-order valence-corrected chi connectivity index (χ3v) is 0. The van der Waals surface area contributed by atoms with Gasteiger partial charge in [-0.05, 0) is 13.8 Å². The summed E-state index contributed by atoms with van der Waals surface area (Å²) in [5, 5.41) is 0. The molecule has 10 nitrogen and oxygen atoms in total. The number of rotatable bonds is 0. The van der Waals surface area contributed by atoms with E-state index < -0.39 is 6.03 Å². The zero-order valence-corrected chi connectivity index (χ0v) is 11.4. The lowest BCUT2D eigenvalue weighted by Gasteiger charge is -1.62. The Labute approximate surface area is 107 Å². The number of amides is 4. The highest BCUT2D eigenvalue weighted by Gasteiger charge is 1.62. The number of Topliss-reactive ketones (excluding diaryl/α,β-unsaturated/α-hetero) is 1. The van der Waals surface area contributed by atoms with Gasteiger partial charge in [0.25, 0.3) is 0 Å². The second-order valence-electron chi connectivity index (χ2n) is 2.53. The zero-order valence-electron chi connectivity index (χ0n) is 11.4. The molecule has 0 fully saturated rings. The molecule has 0 saturated carbocycles. The Morgan fingerprint density at radius 3 is 0.611 bits per heavy atom. The summed E-state index contributed by atoms with van der Waals surface area (Å²) in [6.07, 6.45) is 0. The second kappa shape index (κ2) is 29.3. The molecule has 0 bridgehead atoms. The summed E-state index contributed by atoms with van der Waals surface area (Å²) in [7, 11) is 0. The first-order chi connectivity index (χ1) is 6.93. The van der Waals surface area contributed by atoms with Crippen LogP contribution in [0.1, 0.15) is 27.7 Å². The van der Waals surface area contributed by atoms with Crippen LogP contribution in [0.25, 0.3) is 0 Å². The topological polar surface area (TPSA) is 242 Å². The fourth-order valence-corrected chi connectivity index (χ4v) is 0. The zero-order chi connectivity index (χ0) is 14.3. The molecule has 0 aliphatic rings. The summed E-state index contributed by atoms with van der Waals surface area (Å²) in [6, 6.07) is -0.833. The number of primary amides is 4. The molecule has 0 aromatic heterocycles. The van der Waals surface area contributed by atoms with Gasteiger partial charge in [0, 0.05) is 13.8 Å². The van der Waals surface area contributed by atoms with Gasteiger partial charge in [-0.25, -0.2) is 4.79 Å². The van der Waals surface area contributed by atoms with Crippen molar-refractivity contribution >= 4 is 23.6 Å². The van der Waals surface area contributed by atoms with Crippen molar-refractivity contribution < 1.29 is 19.2 Å². The van der Waals surface area contributed by atoms with Crippen molar-refractivity contribution in [1.82, 2.24) is 12.3 Å². The van der Waals surface area contributed by atoms with Crippen LogP contribution in [0.3, 0.4) is 0 Å². The minimum atomic E-state index is -0.833. The molecule has 0 aliphatic heterocycles. The standard InChI is InChI=1S/C3H6O.2C2H5NO.CH4N2O.2H3N/c1-3(2)4;2*1-2(3)4;2-1(3)4;;/h1-2H3;2*1H3,(H2,3,4);(H4,2,3,4);2*1H3. The Morgan fingerprint density at radius 2 is 0.611 bits per heavy atom. The van der Waals surface area contributed by atoms with E-state index in [4.69, 9.17) is 4.79 Å². The van der Waals surface area contributed by atoms with Gasteiger partial charge in [-0.2, -0.15) is 0 Å². The molecule has 0 unspecified atom stereocenters. The molecule has 0 atom stereocenters. The Bertz CT molecular complexity index is 168. The number of carbonyl (C=O) groups is 4. The minimum Gasteiger partial charge on any atom is -0.370 e. The monoisotopic (exact) mass is 270 g/mol. The molecule has 0 aromatic carbocycles. The maximum absolute atomic E-state index is 9.44. The van der Waals surface area contributed by atoms with Gasteiger partial charge in [0.1, 0.15) is 5.78 Å². The third-order valence-electron chi connectivity index (χ3n) is 0. The Balaban J connectivity index is -0.0000000257. The first-order valence-electron chi connectivity index (χ1n) is 3.97. The minimum absolute atomic E-state index is 0. The average molecular weight is 270 g/mol. The summed E-state index contributed by atoms with van der Waals surface area (Å²) >= 11 is 0. The number of ketones is 1. The Hall–Kier alpha value is -2.20. The SMILES string of the molecule is CC(C)=O.CC(N)=O.CC(N)=O.N.N.NC(N)=O. The molecule has 0 heterocycles. The normalized spacial score (nSPS) is 5.56. The van der Waals surface area contributed by atoms with Crippen LogP contribution in [0.5, 0.6) is 0 Å². The molecule has 0 radical (unpaired) electrons. The molecule has 112 valence electrons. The van der Waals surface area contributed by atoms with E-state index in [1.165, 1.54) is 27.7 Å². The van der Waals surface area contributed by atoms with E-state index in [0.29, 0.717) is 0 Å². The molecule has 0 rings (SSSR count). The highest BCUT2D eigenvalue weighted by atomic mass is 16.2. The molecule has 0 saturated heterocycles. The van der Waals surface area contributed by atoms with Gasteiger partial charge in [0.2, 0.25) is 11.8 Å². The van der Waals surface area contributed by atoms with Gasteiger partial charge in [-0.1, -0.05) is 0 Å². The lowest BCUT2D eigenvalue weighted by Crippen LogP contribution is -2.18. The van der Waals surface area contributed by atoms with Gasteiger partial charge in [-0.3, -0.25) is 9.59 Å². The predicted molar refractivity (Wildman–Crippen MR) is 69.9 cm³/mol. The number of carbonyl (C=O) groups excluding carboxylic acids is 4. The Kier molecular flexibility index (Phi) is 58.8. The van der Waals surface area contributed by atoms with Crippen molar-refractivity contribution in [2.24, 2.45) is 22.9 Å². The van der Waals surface area contributed by atoms with Crippen LogP contribution in [-0.2, 0) is 14.4 Å². The lowest BCUT2D eigenvalue weighted by atomic mass is 10.6. The predicted octanol–water partition coefficient (Wildman–Crippen LogP) is -1.07. The van der Waals surface area contributed by atoms with Crippen molar-refractivity contribution in [2.45, 2.75) is 27.7 Å². The number of hydrogen-bond acceptors (Lipinski definition) is 6. The molecule has 0 spiro atoms. The smallest absolute Gasteiger partial charge is 0.309 e. The first-order valence-corrected chi connectivity index (χ1v) is 3.97. The molecule has 0 aromatic rings. The first kappa shape index (κ1) is 36.0. The van der Waals surface area contributed by atoms with Gasteiger partial charge in [-0.15, -0.1) is 0 Å². The molecular formula is C8H26N6O4. The molecule has 4 amide bonds. The number of hydrogen-bond donors (Lipinski definition) is 6. The van der Waals surface area contributed by atoms with Crippen molar-refractivity contribution in [3.8, 4) is 0 Å². The quantitative estimate of drug-likeness (QED) is 0.319. The summed E-state index contributed by atoms with van der Waals surface area (Å²) in [5.41, 5.74) is 17.4. The van der Waals surface area contributed by atoms with Crippen LogP contribution in [0.2, 0.25) is 0 Å². The van der Waals surface area contributed by atoms with Gasteiger partial charge >= 0.3 is 6.03 Å². The van der Waals surface area contributed by atoms with Crippen LogP contribution >= 0.6 is 0 Å². The maximum Gasteiger partial charge on any atom is 0.309 e. The summed E-state index contributed by atoms with van der Waals surface area (Å²) in [4.78, 5) is 36.9. The summed E-state index contributed by atoms with van der Waals surface area (Å²) < 4.78 is 0. The largest absolute Gasteiger partial charge is 0.370 e. The highest BCUT2D eigenvalue weighted by molar-refractivity contribution is 5.72.